The molecule has 2 unspecified atom stereocenters. The van der Waals surface area contributed by atoms with Gasteiger partial charge in [0.2, 0.25) is 0 Å². The van der Waals surface area contributed by atoms with Crippen molar-refractivity contribution in [2.45, 2.75) is 61.3 Å². The number of benzene rings is 3. The van der Waals surface area contributed by atoms with Crippen molar-refractivity contribution in [2.24, 2.45) is 11.8 Å². The van der Waals surface area contributed by atoms with Crippen LogP contribution in [0.15, 0.2) is 71.8 Å². The standard InChI is InChI=1S/C36H34ClF2N5O4S.3C2HF3O2/c1-43-14-13-30(48-24-7-4-8-25(16-24)49(39,45)46)29(43)20-47-36-41-34-27(35(42-36)44-18-21-11-12-22(15-21)19-44)17-40-33(32(34)38)26-9-2-5-23-6-3-10-28(37)31(23)26;3*3-2(4,5)1(6)7/h2-10,16-17,21-22,29-30H,11-15,18-20H2,1H3;3*(H,6,7)/t21?,22?,29-,30+;;;/m1.../s1. The number of hydrogen-bond donors (Lipinski definition) is 3. The fraction of sp³-hybridized carbons (Fsp3) is 0.381. The summed E-state index contributed by atoms with van der Waals surface area (Å²) >= 11 is 6.61. The molecule has 15 nitrogen and oxygen atoms in total. The summed E-state index contributed by atoms with van der Waals surface area (Å²) < 4.78 is 161. The Morgan fingerprint density at radius 2 is 1.36 bits per heavy atom. The molecule has 3 fully saturated rings. The topological polar surface area (TPSA) is 210 Å². The lowest BCUT2D eigenvalue weighted by Gasteiger charge is -2.33. The lowest BCUT2D eigenvalue weighted by Crippen LogP contribution is -2.40. The first-order chi connectivity index (χ1) is 32.4. The molecule has 4 atom stereocenters. The van der Waals surface area contributed by atoms with E-state index in [1.54, 1.807) is 18.3 Å². The number of piperidine rings is 1. The van der Waals surface area contributed by atoms with Crippen molar-refractivity contribution in [3.8, 4) is 23.0 Å². The molecule has 3 N–H and O–H groups in total. The molecule has 2 aliphatic heterocycles. The third kappa shape index (κ3) is 13.9. The number of alkyl halides is 9. The fourth-order valence-electron chi connectivity index (χ4n) is 7.77. The molecular weight excluding hydrogens is 1010 g/mol. The number of likely N-dealkylation sites (tertiary alicyclic amines) is 1. The van der Waals surface area contributed by atoms with Crippen LogP contribution in [0.1, 0.15) is 25.7 Å². The number of carboxylic acid groups (broad SMARTS) is 3. The summed E-state index contributed by atoms with van der Waals surface area (Å²) in [4.78, 5) is 44.6. The average molecular weight is 1050 g/mol. The van der Waals surface area contributed by atoms with Crippen molar-refractivity contribution in [2.75, 3.05) is 38.2 Å². The molecular formula is C42H37ClF11N5O10S. The molecule has 1 aliphatic carbocycles. The van der Waals surface area contributed by atoms with Gasteiger partial charge in [0, 0.05) is 47.9 Å². The van der Waals surface area contributed by atoms with Crippen LogP contribution < -0.4 is 14.4 Å². The van der Waals surface area contributed by atoms with Gasteiger partial charge in [0.05, 0.1) is 11.4 Å². The third-order valence-electron chi connectivity index (χ3n) is 10.9. The number of fused-ring (bicyclic) bond motifs is 4. The molecule has 2 bridgehead atoms. The highest BCUT2D eigenvalue weighted by Gasteiger charge is 2.40. The van der Waals surface area contributed by atoms with E-state index in [0.717, 1.165) is 18.5 Å². The number of hydrogen-bond acceptors (Lipinski definition) is 12. The van der Waals surface area contributed by atoms with Gasteiger partial charge in [-0.2, -0.15) is 57.9 Å². The van der Waals surface area contributed by atoms with E-state index in [2.05, 4.69) is 19.8 Å². The van der Waals surface area contributed by atoms with Gasteiger partial charge in [-0.3, -0.25) is 9.88 Å². The lowest BCUT2D eigenvalue weighted by molar-refractivity contribution is -0.193. The van der Waals surface area contributed by atoms with Gasteiger partial charge < -0.3 is 29.7 Å². The minimum absolute atomic E-state index is 0.0389. The first-order valence-electron chi connectivity index (χ1n) is 20.2. The Morgan fingerprint density at radius 3 is 1.90 bits per heavy atom. The number of ether oxygens (including phenoxy) is 2. The number of aromatic nitrogens is 3. The van der Waals surface area contributed by atoms with Crippen molar-refractivity contribution < 1.29 is 95.4 Å². The molecule has 70 heavy (non-hydrogen) atoms. The Bertz CT molecular complexity index is 2770. The number of aliphatic carboxylic acids is 3. The molecule has 0 amide bonds. The van der Waals surface area contributed by atoms with E-state index < -0.39 is 57.4 Å². The minimum Gasteiger partial charge on any atom is -0.489 e. The predicted octanol–water partition coefficient (Wildman–Crippen LogP) is 8.96. The summed E-state index contributed by atoms with van der Waals surface area (Å²) in [6.45, 7) is 2.45. The maximum atomic E-state index is 16.8. The Hall–Kier alpha value is -6.35. The largest absolute Gasteiger partial charge is 0.490 e. The number of nitrogens with zero attached hydrogens (tertiary/aromatic N) is 5. The summed E-state index contributed by atoms with van der Waals surface area (Å²) in [5.74, 6) is -6.91. The SMILES string of the molecule is CN1CC[C@H](Oc2cccc(S(=O)(=O)F)c2)[C@H]1COc1nc(N2CC3CCC(C3)C2)c2cnc(-c3cccc4cccc(Cl)c34)c(F)c2n1.O=C(O)C(F)(F)F.O=C(O)C(F)(F)F.O=C(O)C(F)(F)F. The van der Waals surface area contributed by atoms with Gasteiger partial charge in [-0.05, 0) is 68.2 Å². The summed E-state index contributed by atoms with van der Waals surface area (Å²) in [6, 6.07) is 16.3. The fourth-order valence-corrected chi connectivity index (χ4v) is 8.55. The lowest BCUT2D eigenvalue weighted by atomic mass is 9.98. The van der Waals surface area contributed by atoms with E-state index in [9.17, 15) is 51.8 Å². The quantitative estimate of drug-likeness (QED) is 0.0979. The number of likely N-dealkylation sites (N-methyl/N-ethyl adjacent to an activating group) is 1. The summed E-state index contributed by atoms with van der Waals surface area (Å²) in [5, 5.41) is 24.0. The van der Waals surface area contributed by atoms with Crippen LogP contribution in [0.25, 0.3) is 32.9 Å². The van der Waals surface area contributed by atoms with Crippen LogP contribution in [0.2, 0.25) is 5.02 Å². The van der Waals surface area contributed by atoms with E-state index in [1.165, 1.54) is 37.5 Å². The summed E-state index contributed by atoms with van der Waals surface area (Å²) in [7, 11) is -2.95. The first-order valence-corrected chi connectivity index (χ1v) is 21.9. The monoisotopic (exact) mass is 1050 g/mol. The third-order valence-corrected chi connectivity index (χ3v) is 12.0. The molecule has 28 heteroatoms. The highest BCUT2D eigenvalue weighted by molar-refractivity contribution is 7.86. The number of carbonyl (C=O) groups is 3. The molecule has 5 aromatic rings. The molecule has 0 spiro atoms. The molecule has 2 saturated heterocycles. The van der Waals surface area contributed by atoms with Crippen molar-refractivity contribution in [3.05, 3.63) is 77.7 Å². The van der Waals surface area contributed by atoms with E-state index in [4.69, 9.17) is 55.8 Å². The van der Waals surface area contributed by atoms with Crippen LogP contribution in [-0.2, 0) is 24.6 Å². The van der Waals surface area contributed by atoms with E-state index in [0.29, 0.717) is 52.0 Å². The minimum atomic E-state index is -5.08. The Balaban J connectivity index is 0.000000364. The van der Waals surface area contributed by atoms with Gasteiger partial charge in [0.1, 0.15) is 40.4 Å². The Kier molecular flexibility index (Phi) is 17.0. The highest BCUT2D eigenvalue weighted by Crippen LogP contribution is 2.41. The molecule has 380 valence electrons. The second-order valence-electron chi connectivity index (χ2n) is 15.7. The normalized spacial score (nSPS) is 19.2. The molecule has 4 heterocycles. The summed E-state index contributed by atoms with van der Waals surface area (Å²) in [6.07, 6.45) is -9.82. The Labute approximate surface area is 393 Å². The van der Waals surface area contributed by atoms with Gasteiger partial charge >= 0.3 is 52.7 Å². The number of carboxylic acids is 3. The molecule has 1 saturated carbocycles. The average Bonchev–Trinajstić information content (AvgIpc) is 3.80. The van der Waals surface area contributed by atoms with Gasteiger partial charge in [-0.25, -0.2) is 18.8 Å². The molecule has 0 radical (unpaired) electrons. The zero-order valence-corrected chi connectivity index (χ0v) is 37.3. The number of halogens is 12. The van der Waals surface area contributed by atoms with Crippen LogP contribution in [0.5, 0.6) is 11.8 Å². The van der Waals surface area contributed by atoms with Gasteiger partial charge in [-0.15, -0.1) is 3.89 Å². The zero-order valence-electron chi connectivity index (χ0n) is 35.7. The van der Waals surface area contributed by atoms with Crippen LogP contribution in [0, 0.1) is 17.7 Å². The smallest absolute Gasteiger partial charge is 0.489 e. The van der Waals surface area contributed by atoms with Gasteiger partial charge in [0.15, 0.2) is 5.82 Å². The van der Waals surface area contributed by atoms with Crippen molar-refractivity contribution in [1.29, 1.82) is 0 Å². The number of pyridine rings is 1. The maximum Gasteiger partial charge on any atom is 0.490 e. The van der Waals surface area contributed by atoms with Crippen LogP contribution in [0.3, 0.4) is 0 Å². The number of anilines is 1. The van der Waals surface area contributed by atoms with Crippen LogP contribution in [0.4, 0.5) is 53.6 Å². The molecule has 3 aromatic carbocycles. The molecule has 8 rings (SSSR count). The first kappa shape index (κ1) is 54.6. The molecule has 3 aliphatic rings. The van der Waals surface area contributed by atoms with Crippen LogP contribution >= 0.6 is 11.6 Å². The van der Waals surface area contributed by atoms with Crippen molar-refractivity contribution in [3.63, 3.8) is 0 Å². The van der Waals surface area contributed by atoms with E-state index >= 15 is 4.39 Å². The maximum absolute atomic E-state index is 16.8. The molecule has 2 aromatic heterocycles. The zero-order chi connectivity index (χ0) is 52.1. The van der Waals surface area contributed by atoms with Gasteiger partial charge in [-0.1, -0.05) is 48.0 Å². The summed E-state index contributed by atoms with van der Waals surface area (Å²) in [5.41, 5.74) is 0.823. The Morgan fingerprint density at radius 1 is 0.814 bits per heavy atom. The van der Waals surface area contributed by atoms with E-state index in [1.807, 2.05) is 37.4 Å². The second kappa shape index (κ2) is 21.7. The van der Waals surface area contributed by atoms with E-state index in [-0.39, 0.29) is 41.7 Å². The van der Waals surface area contributed by atoms with Crippen molar-refractivity contribution in [1.82, 2.24) is 19.9 Å². The predicted molar refractivity (Wildman–Crippen MR) is 225 cm³/mol. The second-order valence-corrected chi connectivity index (χ2v) is 17.5. The highest BCUT2D eigenvalue weighted by atomic mass is 35.5. The van der Waals surface area contributed by atoms with Gasteiger partial charge in [0.25, 0.3) is 0 Å². The number of rotatable bonds is 8. The van der Waals surface area contributed by atoms with Crippen LogP contribution in [-0.4, -0.2) is 125 Å². The van der Waals surface area contributed by atoms with Crippen molar-refractivity contribution >= 4 is 67.2 Å².